The zero-order chi connectivity index (χ0) is 16.0. The standard InChI is InChI=1S/C18H22O4/c1-19-17(20-2)15-12-8-9-13-16(15)18(21-3,22-4)14-10-6-5-7-11-14/h5-13,17H,1-4H3. The molecule has 0 atom stereocenters. The van der Waals surface area contributed by atoms with Crippen LogP contribution in [0.2, 0.25) is 0 Å². The van der Waals surface area contributed by atoms with E-state index < -0.39 is 12.1 Å². The zero-order valence-corrected chi connectivity index (χ0v) is 13.4. The Hall–Kier alpha value is -1.72. The predicted molar refractivity (Wildman–Crippen MR) is 84.4 cm³/mol. The average Bonchev–Trinajstić information content (AvgIpc) is 2.60. The van der Waals surface area contributed by atoms with Gasteiger partial charge in [0, 0.05) is 45.1 Å². The molecule has 4 nitrogen and oxygen atoms in total. The fourth-order valence-corrected chi connectivity index (χ4v) is 2.70. The van der Waals surface area contributed by atoms with Crippen LogP contribution in [-0.2, 0) is 24.7 Å². The summed E-state index contributed by atoms with van der Waals surface area (Å²) in [5, 5.41) is 0. The minimum Gasteiger partial charge on any atom is -0.352 e. The van der Waals surface area contributed by atoms with Gasteiger partial charge in [0.05, 0.1) is 0 Å². The first-order chi connectivity index (χ1) is 10.7. The Kier molecular flexibility index (Phi) is 5.69. The molecule has 118 valence electrons. The maximum absolute atomic E-state index is 5.81. The molecule has 0 N–H and O–H groups in total. The van der Waals surface area contributed by atoms with E-state index in [1.807, 2.05) is 54.6 Å². The molecule has 0 aromatic heterocycles. The highest BCUT2D eigenvalue weighted by Crippen LogP contribution is 2.38. The van der Waals surface area contributed by atoms with Crippen LogP contribution in [0.3, 0.4) is 0 Å². The van der Waals surface area contributed by atoms with Gasteiger partial charge in [0.1, 0.15) is 0 Å². The van der Waals surface area contributed by atoms with Gasteiger partial charge in [-0.25, -0.2) is 0 Å². The molecule has 0 aliphatic rings. The molecule has 22 heavy (non-hydrogen) atoms. The van der Waals surface area contributed by atoms with Gasteiger partial charge in [-0.05, 0) is 0 Å². The summed E-state index contributed by atoms with van der Waals surface area (Å²) in [4.78, 5) is 0. The van der Waals surface area contributed by atoms with E-state index in [4.69, 9.17) is 18.9 Å². The molecule has 0 unspecified atom stereocenters. The van der Waals surface area contributed by atoms with E-state index in [9.17, 15) is 0 Å². The van der Waals surface area contributed by atoms with Gasteiger partial charge < -0.3 is 18.9 Å². The molecule has 0 heterocycles. The van der Waals surface area contributed by atoms with Crippen molar-refractivity contribution in [2.75, 3.05) is 28.4 Å². The molecule has 0 aliphatic heterocycles. The molecule has 2 aromatic rings. The summed E-state index contributed by atoms with van der Waals surface area (Å²) >= 11 is 0. The Morgan fingerprint density at radius 2 is 1.27 bits per heavy atom. The molecule has 0 radical (unpaired) electrons. The molecule has 0 saturated heterocycles. The summed E-state index contributed by atoms with van der Waals surface area (Å²) in [5.74, 6) is -1.02. The second-order valence-electron chi connectivity index (χ2n) is 4.78. The number of ether oxygens (including phenoxy) is 4. The normalized spacial score (nSPS) is 11.9. The molecule has 2 aromatic carbocycles. The lowest BCUT2D eigenvalue weighted by Crippen LogP contribution is -2.34. The largest absolute Gasteiger partial charge is 0.352 e. The smallest absolute Gasteiger partial charge is 0.222 e. The first kappa shape index (κ1) is 16.6. The fourth-order valence-electron chi connectivity index (χ4n) is 2.70. The van der Waals surface area contributed by atoms with Crippen LogP contribution < -0.4 is 0 Å². The van der Waals surface area contributed by atoms with Gasteiger partial charge in [-0.1, -0.05) is 54.6 Å². The van der Waals surface area contributed by atoms with E-state index in [1.165, 1.54) is 0 Å². The van der Waals surface area contributed by atoms with Crippen LogP contribution in [0.5, 0.6) is 0 Å². The fraction of sp³-hybridized carbons (Fsp3) is 0.333. The van der Waals surface area contributed by atoms with Crippen LogP contribution in [0, 0.1) is 0 Å². The Balaban J connectivity index is 2.64. The molecule has 0 amide bonds. The lowest BCUT2D eigenvalue weighted by molar-refractivity contribution is -0.187. The van der Waals surface area contributed by atoms with Crippen molar-refractivity contribution in [3.05, 3.63) is 71.3 Å². The van der Waals surface area contributed by atoms with Crippen LogP contribution in [-0.4, -0.2) is 28.4 Å². The molecular formula is C18H22O4. The van der Waals surface area contributed by atoms with Crippen molar-refractivity contribution in [3.8, 4) is 0 Å². The summed E-state index contributed by atoms with van der Waals surface area (Å²) in [6.07, 6.45) is -0.496. The lowest BCUT2D eigenvalue weighted by Gasteiger charge is -2.34. The van der Waals surface area contributed by atoms with Crippen molar-refractivity contribution < 1.29 is 18.9 Å². The SMILES string of the molecule is COC(OC)c1ccccc1C(OC)(OC)c1ccccc1. The van der Waals surface area contributed by atoms with Crippen LogP contribution in [0.4, 0.5) is 0 Å². The highest BCUT2D eigenvalue weighted by atomic mass is 16.7. The van der Waals surface area contributed by atoms with Crippen LogP contribution in [0.1, 0.15) is 23.0 Å². The molecular weight excluding hydrogens is 280 g/mol. The summed E-state index contributed by atoms with van der Waals surface area (Å²) in [6, 6.07) is 17.6. The third kappa shape index (κ3) is 2.91. The van der Waals surface area contributed by atoms with Gasteiger partial charge in [-0.15, -0.1) is 0 Å². The van der Waals surface area contributed by atoms with Gasteiger partial charge in [0.15, 0.2) is 6.29 Å². The summed E-state index contributed by atoms with van der Waals surface area (Å²) in [6.45, 7) is 0. The number of hydrogen-bond acceptors (Lipinski definition) is 4. The van der Waals surface area contributed by atoms with Crippen LogP contribution in [0.25, 0.3) is 0 Å². The quantitative estimate of drug-likeness (QED) is 0.734. The van der Waals surface area contributed by atoms with Crippen LogP contribution in [0.15, 0.2) is 54.6 Å². The van der Waals surface area contributed by atoms with Gasteiger partial charge in [0.2, 0.25) is 5.79 Å². The van der Waals surface area contributed by atoms with Gasteiger partial charge in [-0.3, -0.25) is 0 Å². The van der Waals surface area contributed by atoms with E-state index in [0.29, 0.717) is 0 Å². The Bertz CT molecular complexity index is 575. The Morgan fingerprint density at radius 3 is 1.82 bits per heavy atom. The molecule has 0 fully saturated rings. The van der Waals surface area contributed by atoms with Crippen LogP contribution >= 0.6 is 0 Å². The van der Waals surface area contributed by atoms with E-state index in [0.717, 1.165) is 16.7 Å². The number of methoxy groups -OCH3 is 4. The highest BCUT2D eigenvalue weighted by molar-refractivity contribution is 5.40. The number of benzene rings is 2. The minimum atomic E-state index is -1.02. The minimum absolute atomic E-state index is 0.496. The van der Waals surface area contributed by atoms with Crippen molar-refractivity contribution >= 4 is 0 Å². The van der Waals surface area contributed by atoms with Crippen molar-refractivity contribution in [1.82, 2.24) is 0 Å². The van der Waals surface area contributed by atoms with Gasteiger partial charge in [0.25, 0.3) is 0 Å². The van der Waals surface area contributed by atoms with E-state index in [-0.39, 0.29) is 0 Å². The van der Waals surface area contributed by atoms with Crippen molar-refractivity contribution in [1.29, 1.82) is 0 Å². The third-order valence-electron chi connectivity index (χ3n) is 3.73. The molecule has 4 heteroatoms. The molecule has 2 rings (SSSR count). The van der Waals surface area contributed by atoms with Gasteiger partial charge in [-0.2, -0.15) is 0 Å². The second kappa shape index (κ2) is 7.51. The van der Waals surface area contributed by atoms with E-state index >= 15 is 0 Å². The van der Waals surface area contributed by atoms with Gasteiger partial charge >= 0.3 is 0 Å². The highest BCUT2D eigenvalue weighted by Gasteiger charge is 2.37. The number of hydrogen-bond donors (Lipinski definition) is 0. The molecule has 0 bridgehead atoms. The monoisotopic (exact) mass is 302 g/mol. The second-order valence-corrected chi connectivity index (χ2v) is 4.78. The van der Waals surface area contributed by atoms with E-state index in [1.54, 1.807) is 28.4 Å². The van der Waals surface area contributed by atoms with E-state index in [2.05, 4.69) is 0 Å². The maximum atomic E-state index is 5.81. The summed E-state index contributed by atoms with van der Waals surface area (Å²) in [7, 11) is 6.47. The topological polar surface area (TPSA) is 36.9 Å². The molecule has 0 aliphatic carbocycles. The predicted octanol–water partition coefficient (Wildman–Crippen LogP) is 3.47. The third-order valence-corrected chi connectivity index (χ3v) is 3.73. The molecule has 0 saturated carbocycles. The van der Waals surface area contributed by atoms with Crippen molar-refractivity contribution in [2.45, 2.75) is 12.1 Å². The summed E-state index contributed by atoms with van der Waals surface area (Å²) < 4.78 is 22.4. The first-order valence-electron chi connectivity index (χ1n) is 7.04. The van der Waals surface area contributed by atoms with Crippen molar-refractivity contribution in [3.63, 3.8) is 0 Å². The maximum Gasteiger partial charge on any atom is 0.222 e. The molecule has 0 spiro atoms. The first-order valence-corrected chi connectivity index (χ1v) is 7.04. The average molecular weight is 302 g/mol. The zero-order valence-electron chi connectivity index (χ0n) is 13.4. The summed E-state index contributed by atoms with van der Waals surface area (Å²) in [5.41, 5.74) is 2.61. The lowest BCUT2D eigenvalue weighted by atomic mass is 9.92. The van der Waals surface area contributed by atoms with Crippen molar-refractivity contribution in [2.24, 2.45) is 0 Å². The number of rotatable bonds is 7. The Morgan fingerprint density at radius 1 is 0.727 bits per heavy atom. The Labute approximate surface area is 131 Å².